The first kappa shape index (κ1) is 16.8. The first-order valence-corrected chi connectivity index (χ1v) is 8.14. The Labute approximate surface area is 148 Å². The molecule has 128 valence electrons. The Morgan fingerprint density at radius 1 is 0.840 bits per heavy atom. The third kappa shape index (κ3) is 4.26. The van der Waals surface area contributed by atoms with Gasteiger partial charge in [-0.25, -0.2) is 4.98 Å². The highest BCUT2D eigenvalue weighted by molar-refractivity contribution is 5.65. The van der Waals surface area contributed by atoms with Gasteiger partial charge in [0.2, 0.25) is 5.95 Å². The lowest BCUT2D eigenvalue weighted by atomic mass is 10.1. The first-order valence-electron chi connectivity index (χ1n) is 8.14. The number of methoxy groups -OCH3 is 1. The number of benzene rings is 2. The molecule has 0 bridgehead atoms. The van der Waals surface area contributed by atoms with Gasteiger partial charge in [0.05, 0.1) is 12.8 Å². The van der Waals surface area contributed by atoms with Gasteiger partial charge >= 0.3 is 0 Å². The topological polar surface area (TPSA) is 59.1 Å². The second-order valence-corrected chi connectivity index (χ2v) is 6.04. The van der Waals surface area contributed by atoms with Gasteiger partial charge in [0.15, 0.2) is 0 Å². The highest BCUT2D eigenvalue weighted by atomic mass is 16.5. The molecule has 0 saturated heterocycles. The molecule has 3 rings (SSSR count). The highest BCUT2D eigenvalue weighted by Crippen LogP contribution is 2.26. The van der Waals surface area contributed by atoms with Crippen molar-refractivity contribution < 1.29 is 4.74 Å². The maximum Gasteiger partial charge on any atom is 0.229 e. The average molecular weight is 334 g/mol. The van der Waals surface area contributed by atoms with Crippen molar-refractivity contribution >= 4 is 23.1 Å². The summed E-state index contributed by atoms with van der Waals surface area (Å²) in [6, 6.07) is 15.9. The number of hydrogen-bond donors (Lipinski definition) is 2. The van der Waals surface area contributed by atoms with Crippen LogP contribution in [0.3, 0.4) is 0 Å². The molecule has 0 fully saturated rings. The molecule has 2 aromatic carbocycles. The van der Waals surface area contributed by atoms with Gasteiger partial charge in [0.25, 0.3) is 0 Å². The van der Waals surface area contributed by atoms with E-state index < -0.39 is 0 Å². The molecule has 5 nitrogen and oxygen atoms in total. The second kappa shape index (κ2) is 7.21. The van der Waals surface area contributed by atoms with E-state index in [0.29, 0.717) is 5.95 Å². The maximum atomic E-state index is 5.37. The molecule has 0 aliphatic carbocycles. The number of ether oxygens (including phenoxy) is 1. The number of anilines is 4. The Bertz CT molecular complexity index is 872. The first-order chi connectivity index (χ1) is 12.0. The number of para-hydroxylation sites is 2. The standard InChI is InChI=1S/C20H22N4O/c1-13-9-14(2)11-16(10-13)22-19-12-15(3)21-20(24-19)23-17-7-5-6-8-18(17)25-4/h5-12H,1-4H3,(H2,21,22,23,24). The SMILES string of the molecule is COc1ccccc1Nc1nc(C)cc(Nc2cc(C)cc(C)c2)n1. The van der Waals surface area contributed by atoms with Gasteiger partial charge in [-0.3, -0.25) is 0 Å². The molecule has 0 aliphatic heterocycles. The zero-order chi connectivity index (χ0) is 17.8. The Morgan fingerprint density at radius 3 is 2.28 bits per heavy atom. The van der Waals surface area contributed by atoms with Crippen LogP contribution in [0.1, 0.15) is 16.8 Å². The molecule has 5 heteroatoms. The summed E-state index contributed by atoms with van der Waals surface area (Å²) in [6.07, 6.45) is 0. The smallest absolute Gasteiger partial charge is 0.229 e. The van der Waals surface area contributed by atoms with Crippen LogP contribution in [-0.4, -0.2) is 17.1 Å². The fourth-order valence-electron chi connectivity index (χ4n) is 2.75. The van der Waals surface area contributed by atoms with Crippen LogP contribution in [0.25, 0.3) is 0 Å². The predicted molar refractivity (Wildman–Crippen MR) is 102 cm³/mol. The van der Waals surface area contributed by atoms with Gasteiger partial charge in [-0.2, -0.15) is 4.98 Å². The second-order valence-electron chi connectivity index (χ2n) is 6.04. The Balaban J connectivity index is 1.87. The fraction of sp³-hybridized carbons (Fsp3) is 0.200. The number of aromatic nitrogens is 2. The third-order valence-electron chi connectivity index (χ3n) is 3.70. The Morgan fingerprint density at radius 2 is 1.56 bits per heavy atom. The summed E-state index contributed by atoms with van der Waals surface area (Å²) in [5, 5.41) is 6.58. The normalized spacial score (nSPS) is 10.4. The van der Waals surface area contributed by atoms with E-state index in [4.69, 9.17) is 4.74 Å². The third-order valence-corrected chi connectivity index (χ3v) is 3.70. The summed E-state index contributed by atoms with van der Waals surface area (Å²) in [7, 11) is 1.64. The zero-order valence-corrected chi connectivity index (χ0v) is 14.9. The van der Waals surface area contributed by atoms with E-state index in [1.54, 1.807) is 7.11 Å². The van der Waals surface area contributed by atoms with E-state index in [0.717, 1.165) is 28.6 Å². The Hall–Kier alpha value is -3.08. The van der Waals surface area contributed by atoms with Crippen LogP contribution in [0.5, 0.6) is 5.75 Å². The molecule has 1 aromatic heterocycles. The van der Waals surface area contributed by atoms with Crippen LogP contribution >= 0.6 is 0 Å². The quantitative estimate of drug-likeness (QED) is 0.695. The minimum atomic E-state index is 0.524. The van der Waals surface area contributed by atoms with Crippen LogP contribution in [0, 0.1) is 20.8 Å². The summed E-state index contributed by atoms with van der Waals surface area (Å²) < 4.78 is 5.37. The lowest BCUT2D eigenvalue weighted by molar-refractivity contribution is 0.417. The number of nitrogens with one attached hydrogen (secondary N) is 2. The molecule has 0 atom stereocenters. The van der Waals surface area contributed by atoms with E-state index in [1.807, 2.05) is 37.3 Å². The van der Waals surface area contributed by atoms with Crippen molar-refractivity contribution in [3.63, 3.8) is 0 Å². The van der Waals surface area contributed by atoms with E-state index >= 15 is 0 Å². The molecule has 3 aromatic rings. The lowest BCUT2D eigenvalue weighted by Gasteiger charge is -2.12. The molecule has 0 amide bonds. The van der Waals surface area contributed by atoms with E-state index in [9.17, 15) is 0 Å². The molecule has 0 spiro atoms. The van der Waals surface area contributed by atoms with E-state index in [2.05, 4.69) is 52.6 Å². The van der Waals surface area contributed by atoms with Crippen molar-refractivity contribution in [3.05, 3.63) is 65.4 Å². The van der Waals surface area contributed by atoms with Gasteiger partial charge in [0.1, 0.15) is 11.6 Å². The average Bonchev–Trinajstić information content (AvgIpc) is 2.53. The molecule has 1 heterocycles. The zero-order valence-electron chi connectivity index (χ0n) is 14.9. The van der Waals surface area contributed by atoms with Crippen molar-refractivity contribution in [1.82, 2.24) is 9.97 Å². The lowest BCUT2D eigenvalue weighted by Crippen LogP contribution is -2.03. The van der Waals surface area contributed by atoms with Gasteiger partial charge in [-0.15, -0.1) is 0 Å². The molecule has 0 unspecified atom stereocenters. The van der Waals surface area contributed by atoms with Gasteiger partial charge in [-0.1, -0.05) is 18.2 Å². The molecule has 0 saturated carbocycles. The van der Waals surface area contributed by atoms with Crippen molar-refractivity contribution in [2.45, 2.75) is 20.8 Å². The summed E-state index contributed by atoms with van der Waals surface area (Å²) in [6.45, 7) is 6.11. The minimum absolute atomic E-state index is 0.524. The molecular weight excluding hydrogens is 312 g/mol. The summed E-state index contributed by atoms with van der Waals surface area (Å²) >= 11 is 0. The van der Waals surface area contributed by atoms with Crippen LogP contribution in [0.15, 0.2) is 48.5 Å². The van der Waals surface area contributed by atoms with Crippen molar-refractivity contribution in [2.75, 3.05) is 17.7 Å². The highest BCUT2D eigenvalue weighted by Gasteiger charge is 2.07. The summed E-state index contributed by atoms with van der Waals surface area (Å²) in [4.78, 5) is 9.03. The number of rotatable bonds is 5. The van der Waals surface area contributed by atoms with E-state index in [1.165, 1.54) is 11.1 Å². The summed E-state index contributed by atoms with van der Waals surface area (Å²) in [5.41, 5.74) is 5.13. The summed E-state index contributed by atoms with van der Waals surface area (Å²) in [5.74, 6) is 2.02. The van der Waals surface area contributed by atoms with Gasteiger partial charge in [0, 0.05) is 17.4 Å². The Kier molecular flexibility index (Phi) is 4.84. The van der Waals surface area contributed by atoms with Crippen molar-refractivity contribution in [3.8, 4) is 5.75 Å². The largest absolute Gasteiger partial charge is 0.495 e. The number of aryl methyl sites for hydroxylation is 3. The van der Waals surface area contributed by atoms with Gasteiger partial charge < -0.3 is 15.4 Å². The molecule has 25 heavy (non-hydrogen) atoms. The number of nitrogens with zero attached hydrogens (tertiary/aromatic N) is 2. The van der Waals surface area contributed by atoms with Crippen LogP contribution in [0.2, 0.25) is 0 Å². The van der Waals surface area contributed by atoms with Crippen LogP contribution in [-0.2, 0) is 0 Å². The van der Waals surface area contributed by atoms with Crippen LogP contribution < -0.4 is 15.4 Å². The van der Waals surface area contributed by atoms with Gasteiger partial charge in [-0.05, 0) is 56.2 Å². The molecular formula is C20H22N4O. The van der Waals surface area contributed by atoms with Crippen LogP contribution in [0.4, 0.5) is 23.1 Å². The molecule has 0 radical (unpaired) electrons. The maximum absolute atomic E-state index is 5.37. The van der Waals surface area contributed by atoms with Crippen molar-refractivity contribution in [2.24, 2.45) is 0 Å². The molecule has 0 aliphatic rings. The monoisotopic (exact) mass is 334 g/mol. The predicted octanol–water partition coefficient (Wildman–Crippen LogP) is 4.90. The number of hydrogen-bond acceptors (Lipinski definition) is 5. The van der Waals surface area contributed by atoms with E-state index in [-0.39, 0.29) is 0 Å². The fourth-order valence-corrected chi connectivity index (χ4v) is 2.75. The molecule has 2 N–H and O–H groups in total. The van der Waals surface area contributed by atoms with Crippen molar-refractivity contribution in [1.29, 1.82) is 0 Å². The minimum Gasteiger partial charge on any atom is -0.495 e.